The van der Waals surface area contributed by atoms with Crippen LogP contribution in [0.2, 0.25) is 0 Å². The molecule has 0 radical (unpaired) electrons. The molecule has 0 aliphatic carbocycles. The molecule has 110 valence electrons. The van der Waals surface area contributed by atoms with Crippen LogP contribution in [0.25, 0.3) is 0 Å². The summed E-state index contributed by atoms with van der Waals surface area (Å²) in [4.78, 5) is 45.3. The molecule has 1 heterocycles. The monoisotopic (exact) mass is 289 g/mol. The summed E-state index contributed by atoms with van der Waals surface area (Å²) in [6.45, 7) is 1.45. The SMILES string of the molecule is CC(=O)c1cccc(NC(=O)CCC2NC(=O)NC2=O)c1. The van der Waals surface area contributed by atoms with E-state index in [0.29, 0.717) is 11.3 Å². The van der Waals surface area contributed by atoms with Gasteiger partial charge in [0, 0.05) is 17.7 Å². The predicted molar refractivity (Wildman–Crippen MR) is 74.8 cm³/mol. The van der Waals surface area contributed by atoms with Gasteiger partial charge >= 0.3 is 6.03 Å². The minimum Gasteiger partial charge on any atom is -0.326 e. The number of anilines is 1. The van der Waals surface area contributed by atoms with E-state index in [-0.39, 0.29) is 24.5 Å². The van der Waals surface area contributed by atoms with E-state index in [2.05, 4.69) is 16.0 Å². The largest absolute Gasteiger partial charge is 0.326 e. The van der Waals surface area contributed by atoms with Crippen LogP contribution in [0.1, 0.15) is 30.1 Å². The van der Waals surface area contributed by atoms with Gasteiger partial charge in [0.25, 0.3) is 5.91 Å². The van der Waals surface area contributed by atoms with Crippen molar-refractivity contribution < 1.29 is 19.2 Å². The van der Waals surface area contributed by atoms with Gasteiger partial charge in [-0.3, -0.25) is 19.7 Å². The molecular formula is C14H15N3O4. The molecule has 1 aliphatic rings. The van der Waals surface area contributed by atoms with E-state index >= 15 is 0 Å². The van der Waals surface area contributed by atoms with Crippen molar-refractivity contribution in [1.29, 1.82) is 0 Å². The second kappa shape index (κ2) is 6.17. The van der Waals surface area contributed by atoms with E-state index in [9.17, 15) is 19.2 Å². The number of carbonyl (C=O) groups is 4. The van der Waals surface area contributed by atoms with Gasteiger partial charge in [-0.1, -0.05) is 12.1 Å². The first-order valence-electron chi connectivity index (χ1n) is 6.48. The maximum absolute atomic E-state index is 11.8. The number of imide groups is 1. The number of benzene rings is 1. The van der Waals surface area contributed by atoms with Crippen LogP contribution in [0.3, 0.4) is 0 Å². The molecule has 1 atom stereocenters. The Balaban J connectivity index is 1.87. The molecule has 3 N–H and O–H groups in total. The van der Waals surface area contributed by atoms with Gasteiger partial charge in [0.2, 0.25) is 5.91 Å². The summed E-state index contributed by atoms with van der Waals surface area (Å²) in [5.41, 5.74) is 1.03. The van der Waals surface area contributed by atoms with Crippen molar-refractivity contribution in [3.05, 3.63) is 29.8 Å². The number of hydrogen-bond acceptors (Lipinski definition) is 4. The van der Waals surface area contributed by atoms with Crippen LogP contribution in [-0.2, 0) is 9.59 Å². The Morgan fingerprint density at radius 3 is 2.67 bits per heavy atom. The zero-order valence-electron chi connectivity index (χ0n) is 11.4. The summed E-state index contributed by atoms with van der Waals surface area (Å²) in [5.74, 6) is -0.799. The summed E-state index contributed by atoms with van der Waals surface area (Å²) in [7, 11) is 0. The smallest absolute Gasteiger partial charge is 0.322 e. The molecular weight excluding hydrogens is 274 g/mol. The summed E-state index contributed by atoms with van der Waals surface area (Å²) < 4.78 is 0. The van der Waals surface area contributed by atoms with E-state index in [1.165, 1.54) is 6.92 Å². The van der Waals surface area contributed by atoms with E-state index in [4.69, 9.17) is 0 Å². The van der Waals surface area contributed by atoms with Crippen LogP contribution in [0.5, 0.6) is 0 Å². The predicted octanol–water partition coefficient (Wildman–Crippen LogP) is 0.816. The minimum atomic E-state index is -0.674. The normalized spacial score (nSPS) is 17.1. The van der Waals surface area contributed by atoms with Crippen LogP contribution >= 0.6 is 0 Å². The lowest BCUT2D eigenvalue weighted by Crippen LogP contribution is -2.30. The van der Waals surface area contributed by atoms with Gasteiger partial charge in [-0.05, 0) is 25.5 Å². The summed E-state index contributed by atoms with van der Waals surface area (Å²) in [5, 5.41) is 7.18. The summed E-state index contributed by atoms with van der Waals surface area (Å²) in [6, 6.07) is 5.39. The Morgan fingerprint density at radius 1 is 1.29 bits per heavy atom. The first-order valence-corrected chi connectivity index (χ1v) is 6.48. The maximum Gasteiger partial charge on any atom is 0.322 e. The van der Waals surface area contributed by atoms with Crippen molar-refractivity contribution in [3.8, 4) is 0 Å². The lowest BCUT2D eigenvalue weighted by atomic mass is 10.1. The number of Topliss-reactive ketones (excluding diaryl/α,β-unsaturated/α-hetero) is 1. The van der Waals surface area contributed by atoms with Gasteiger partial charge < -0.3 is 10.6 Å². The average molecular weight is 289 g/mol. The Hall–Kier alpha value is -2.70. The van der Waals surface area contributed by atoms with Crippen LogP contribution in [-0.4, -0.2) is 29.7 Å². The van der Waals surface area contributed by atoms with Crippen LogP contribution in [0, 0.1) is 0 Å². The fourth-order valence-electron chi connectivity index (χ4n) is 1.98. The Labute approximate surface area is 121 Å². The standard InChI is InChI=1S/C14H15N3O4/c1-8(18)9-3-2-4-10(7-9)15-12(19)6-5-11-13(20)17-14(21)16-11/h2-4,7,11H,5-6H2,1H3,(H,15,19)(H2,16,17,20,21). The van der Waals surface area contributed by atoms with Crippen LogP contribution in [0.4, 0.5) is 10.5 Å². The fraction of sp³-hybridized carbons (Fsp3) is 0.286. The van der Waals surface area contributed by atoms with Crippen molar-refractivity contribution in [2.45, 2.75) is 25.8 Å². The molecule has 1 aliphatic heterocycles. The van der Waals surface area contributed by atoms with Crippen LogP contribution < -0.4 is 16.0 Å². The molecule has 0 saturated carbocycles. The number of amides is 4. The van der Waals surface area contributed by atoms with Crippen molar-refractivity contribution in [2.75, 3.05) is 5.32 Å². The molecule has 0 spiro atoms. The molecule has 4 amide bonds. The first-order chi connectivity index (χ1) is 9.95. The third-order valence-electron chi connectivity index (χ3n) is 3.07. The van der Waals surface area contributed by atoms with Crippen molar-refractivity contribution in [3.63, 3.8) is 0 Å². The molecule has 2 rings (SSSR count). The van der Waals surface area contributed by atoms with Gasteiger partial charge in [-0.25, -0.2) is 4.79 Å². The molecule has 1 aromatic rings. The first kappa shape index (κ1) is 14.7. The van der Waals surface area contributed by atoms with E-state index in [1.54, 1.807) is 24.3 Å². The molecule has 1 saturated heterocycles. The highest BCUT2D eigenvalue weighted by Gasteiger charge is 2.29. The maximum atomic E-state index is 11.8. The quantitative estimate of drug-likeness (QED) is 0.551. The molecule has 0 bridgehead atoms. The molecule has 7 heteroatoms. The van der Waals surface area contributed by atoms with Gasteiger partial charge in [0.05, 0.1) is 0 Å². The number of ketones is 1. The molecule has 1 unspecified atom stereocenters. The zero-order chi connectivity index (χ0) is 15.4. The second-order valence-electron chi connectivity index (χ2n) is 4.74. The third-order valence-corrected chi connectivity index (χ3v) is 3.07. The van der Waals surface area contributed by atoms with Crippen molar-refractivity contribution in [2.24, 2.45) is 0 Å². The molecule has 1 fully saturated rings. The van der Waals surface area contributed by atoms with E-state index in [0.717, 1.165) is 0 Å². The summed E-state index contributed by atoms with van der Waals surface area (Å²) in [6.07, 6.45) is 0.304. The molecule has 21 heavy (non-hydrogen) atoms. The highest BCUT2D eigenvalue weighted by molar-refractivity contribution is 6.04. The average Bonchev–Trinajstić information content (AvgIpc) is 2.75. The number of carbonyl (C=O) groups excluding carboxylic acids is 4. The molecule has 7 nitrogen and oxygen atoms in total. The zero-order valence-corrected chi connectivity index (χ0v) is 11.4. The minimum absolute atomic E-state index is 0.0860. The van der Waals surface area contributed by atoms with E-state index in [1.807, 2.05) is 0 Å². The third kappa shape index (κ3) is 3.88. The Morgan fingerprint density at radius 2 is 2.05 bits per heavy atom. The van der Waals surface area contributed by atoms with E-state index < -0.39 is 18.0 Å². The van der Waals surface area contributed by atoms with Gasteiger partial charge in [-0.2, -0.15) is 0 Å². The number of rotatable bonds is 5. The van der Waals surface area contributed by atoms with Crippen molar-refractivity contribution in [1.82, 2.24) is 10.6 Å². The van der Waals surface area contributed by atoms with Crippen LogP contribution in [0.15, 0.2) is 24.3 Å². The number of nitrogens with one attached hydrogen (secondary N) is 3. The lowest BCUT2D eigenvalue weighted by Gasteiger charge is -2.08. The van der Waals surface area contributed by atoms with Gasteiger partial charge in [0.15, 0.2) is 5.78 Å². The second-order valence-corrected chi connectivity index (χ2v) is 4.74. The molecule has 1 aromatic carbocycles. The van der Waals surface area contributed by atoms with Gasteiger partial charge in [-0.15, -0.1) is 0 Å². The van der Waals surface area contributed by atoms with Crippen molar-refractivity contribution >= 4 is 29.3 Å². The number of hydrogen-bond donors (Lipinski definition) is 3. The summed E-state index contributed by atoms with van der Waals surface area (Å²) >= 11 is 0. The topological polar surface area (TPSA) is 104 Å². The van der Waals surface area contributed by atoms with Gasteiger partial charge in [0.1, 0.15) is 6.04 Å². The number of urea groups is 1. The highest BCUT2D eigenvalue weighted by Crippen LogP contribution is 2.12. The highest BCUT2D eigenvalue weighted by atomic mass is 16.2. The Kier molecular flexibility index (Phi) is 4.32. The lowest BCUT2D eigenvalue weighted by molar-refractivity contribution is -0.120. The molecule has 0 aromatic heterocycles. The Bertz CT molecular complexity index is 612. The fourth-order valence-corrected chi connectivity index (χ4v) is 1.98.